The van der Waals surface area contributed by atoms with Crippen molar-refractivity contribution in [2.45, 2.75) is 32.2 Å². The Morgan fingerprint density at radius 3 is 2.94 bits per heavy atom. The summed E-state index contributed by atoms with van der Waals surface area (Å²) >= 11 is 7.94. The maximum atomic E-state index is 6.28. The molecule has 1 atom stereocenters. The molecule has 1 aliphatic carbocycles. The first-order chi connectivity index (χ1) is 16.6. The number of imidazole rings is 1. The quantitative estimate of drug-likeness (QED) is 0.407. The number of aromatic nitrogens is 3. The normalized spacial score (nSPS) is 22.2. The molecule has 4 aromatic rings. The summed E-state index contributed by atoms with van der Waals surface area (Å²) in [6.07, 6.45) is 11.4. The highest BCUT2D eigenvalue weighted by Gasteiger charge is 2.51. The number of fused-ring (bicyclic) bond motifs is 2. The van der Waals surface area contributed by atoms with Crippen LogP contribution in [0.1, 0.15) is 41.4 Å². The Morgan fingerprint density at radius 2 is 2.18 bits per heavy atom. The Balaban J connectivity index is 1.31. The zero-order valence-corrected chi connectivity index (χ0v) is 20.2. The zero-order valence-electron chi connectivity index (χ0n) is 18.7. The fourth-order valence-electron chi connectivity index (χ4n) is 5.29. The number of nitrogens with one attached hydrogen (secondary N) is 1. The highest BCUT2D eigenvalue weighted by Crippen LogP contribution is 2.55. The van der Waals surface area contributed by atoms with Crippen molar-refractivity contribution in [3.05, 3.63) is 69.0 Å². The van der Waals surface area contributed by atoms with Gasteiger partial charge in [0.2, 0.25) is 0 Å². The third kappa shape index (κ3) is 3.27. The van der Waals surface area contributed by atoms with Gasteiger partial charge in [-0.2, -0.15) is 5.10 Å². The van der Waals surface area contributed by atoms with Gasteiger partial charge in [-0.15, -0.1) is 11.3 Å². The third-order valence-electron chi connectivity index (χ3n) is 7.21. The summed E-state index contributed by atoms with van der Waals surface area (Å²) in [5, 5.41) is 9.90. The summed E-state index contributed by atoms with van der Waals surface area (Å²) in [6.45, 7) is 3.82. The number of hydrogen-bond donors (Lipinski definition) is 1. The van der Waals surface area contributed by atoms with Crippen LogP contribution in [0.15, 0.2) is 58.2 Å². The van der Waals surface area contributed by atoms with Crippen LogP contribution in [0.5, 0.6) is 0 Å². The topological polar surface area (TPSA) is 71.5 Å². The molecular weight excluding hydrogens is 468 g/mol. The van der Waals surface area contributed by atoms with Gasteiger partial charge in [-0.05, 0) is 67.0 Å². The molecule has 0 radical (unpaired) electrons. The van der Waals surface area contributed by atoms with E-state index in [2.05, 4.69) is 44.7 Å². The molecule has 2 fully saturated rings. The second-order valence-corrected chi connectivity index (χ2v) is 11.3. The first-order valence-electron chi connectivity index (χ1n) is 11.5. The number of benzene rings is 1. The molecule has 0 bridgehead atoms. The number of nitrogens with zero attached hydrogens (tertiary/aromatic N) is 5. The van der Waals surface area contributed by atoms with Gasteiger partial charge in [0.25, 0.3) is 0 Å². The van der Waals surface area contributed by atoms with E-state index in [4.69, 9.17) is 21.2 Å². The van der Waals surface area contributed by atoms with Gasteiger partial charge in [0.05, 0.1) is 46.2 Å². The van der Waals surface area contributed by atoms with Crippen LogP contribution in [0.4, 0.5) is 0 Å². The van der Waals surface area contributed by atoms with Gasteiger partial charge in [-0.1, -0.05) is 22.8 Å². The molecule has 1 unspecified atom stereocenters. The third-order valence-corrected chi connectivity index (χ3v) is 8.54. The fraction of sp³-hybridized carbons (Fsp3) is 0.320. The lowest BCUT2D eigenvalue weighted by molar-refractivity contribution is 0.219. The van der Waals surface area contributed by atoms with E-state index in [-0.39, 0.29) is 6.04 Å². The van der Waals surface area contributed by atoms with Gasteiger partial charge in [-0.25, -0.2) is 4.98 Å². The molecular formula is C25H23ClN6OS. The average molecular weight is 491 g/mol. The highest BCUT2D eigenvalue weighted by atomic mass is 35.5. The van der Waals surface area contributed by atoms with E-state index in [1.165, 1.54) is 23.3 Å². The standard InChI is InChI=1S/C25H23ClN6OS/c1-15-12-31(14-27-15)19-3-2-16(18-10-29-33-23(18)19)8-17-9-25(6-7-25)13-32-20(11-28-30-24(17)32)21-4-5-22(26)34-21/h2-5,8,10,12,14,20,28H,6-7,9,11,13H2,1H3/b17-8+. The molecule has 1 saturated carbocycles. The maximum absolute atomic E-state index is 6.28. The van der Waals surface area contributed by atoms with E-state index >= 15 is 0 Å². The molecule has 7 rings (SSSR count). The monoisotopic (exact) mass is 490 g/mol. The molecule has 3 aliphatic rings. The first-order valence-corrected chi connectivity index (χ1v) is 12.7. The van der Waals surface area contributed by atoms with Crippen molar-refractivity contribution in [3.63, 3.8) is 0 Å². The predicted molar refractivity (Wildman–Crippen MR) is 134 cm³/mol. The molecule has 0 amide bonds. The molecule has 1 spiro atoms. The second-order valence-electron chi connectivity index (χ2n) is 9.59. The molecule has 3 aromatic heterocycles. The number of hydrogen-bond acceptors (Lipinski definition) is 7. The molecule has 34 heavy (non-hydrogen) atoms. The van der Waals surface area contributed by atoms with Gasteiger partial charge < -0.3 is 19.4 Å². The van der Waals surface area contributed by atoms with Gasteiger partial charge in [0.1, 0.15) is 0 Å². The molecule has 1 N–H and O–H groups in total. The Labute approximate surface area is 205 Å². The smallest absolute Gasteiger partial charge is 0.191 e. The second kappa shape index (κ2) is 7.45. The van der Waals surface area contributed by atoms with E-state index in [0.717, 1.165) is 57.6 Å². The lowest BCUT2D eigenvalue weighted by atomic mass is 9.87. The van der Waals surface area contributed by atoms with Crippen LogP contribution in [-0.2, 0) is 0 Å². The SMILES string of the molecule is Cc1cn(-c2ccc(/C=C3\CC4(CC4)CN4C3=NNCC4c3ccc(Cl)s3)c3cnoc23)cn1. The van der Waals surface area contributed by atoms with Crippen molar-refractivity contribution < 1.29 is 4.52 Å². The van der Waals surface area contributed by atoms with Crippen molar-refractivity contribution >= 4 is 45.8 Å². The minimum Gasteiger partial charge on any atom is -0.354 e. The summed E-state index contributed by atoms with van der Waals surface area (Å²) < 4.78 is 8.50. The maximum Gasteiger partial charge on any atom is 0.191 e. The number of hydrazone groups is 1. The largest absolute Gasteiger partial charge is 0.354 e. The van der Waals surface area contributed by atoms with E-state index in [0.29, 0.717) is 5.41 Å². The van der Waals surface area contributed by atoms with Crippen LogP contribution >= 0.6 is 22.9 Å². The molecule has 9 heteroatoms. The zero-order chi connectivity index (χ0) is 22.9. The van der Waals surface area contributed by atoms with Gasteiger partial charge in [0.15, 0.2) is 11.4 Å². The van der Waals surface area contributed by atoms with Crippen LogP contribution in [-0.4, -0.2) is 38.5 Å². The Bertz CT molecular complexity index is 1480. The van der Waals surface area contributed by atoms with Crippen molar-refractivity contribution in [1.29, 1.82) is 0 Å². The number of aryl methyl sites for hydroxylation is 1. The Kier molecular flexibility index (Phi) is 4.45. The van der Waals surface area contributed by atoms with Crippen LogP contribution in [0.2, 0.25) is 4.34 Å². The first kappa shape index (κ1) is 20.3. The van der Waals surface area contributed by atoms with Crippen LogP contribution in [0, 0.1) is 12.3 Å². The predicted octanol–water partition coefficient (Wildman–Crippen LogP) is 5.56. The van der Waals surface area contributed by atoms with Crippen LogP contribution < -0.4 is 5.43 Å². The van der Waals surface area contributed by atoms with E-state index in [1.54, 1.807) is 23.9 Å². The highest BCUT2D eigenvalue weighted by molar-refractivity contribution is 7.16. The fourth-order valence-corrected chi connectivity index (χ4v) is 6.47. The van der Waals surface area contributed by atoms with E-state index in [1.807, 2.05) is 23.8 Å². The van der Waals surface area contributed by atoms with Gasteiger partial charge in [-0.3, -0.25) is 0 Å². The minimum absolute atomic E-state index is 0.244. The van der Waals surface area contributed by atoms with E-state index in [9.17, 15) is 0 Å². The van der Waals surface area contributed by atoms with Crippen LogP contribution in [0.25, 0.3) is 22.7 Å². The summed E-state index contributed by atoms with van der Waals surface area (Å²) in [5.41, 5.74) is 8.66. The molecule has 172 valence electrons. The van der Waals surface area contributed by atoms with Crippen molar-refractivity contribution in [3.8, 4) is 5.69 Å². The Morgan fingerprint density at radius 1 is 1.26 bits per heavy atom. The summed E-state index contributed by atoms with van der Waals surface area (Å²) in [7, 11) is 0. The van der Waals surface area contributed by atoms with Crippen molar-refractivity contribution in [2.75, 3.05) is 13.1 Å². The van der Waals surface area contributed by atoms with Crippen LogP contribution in [0.3, 0.4) is 0 Å². The summed E-state index contributed by atoms with van der Waals surface area (Å²) in [4.78, 5) is 8.13. The number of thiophene rings is 1. The Hall–Kier alpha value is -3.10. The minimum atomic E-state index is 0.244. The average Bonchev–Trinajstić information content (AvgIpc) is 3.24. The van der Waals surface area contributed by atoms with Crippen molar-refractivity contribution in [2.24, 2.45) is 10.5 Å². The lowest BCUT2D eigenvalue weighted by Gasteiger charge is -2.44. The molecule has 2 aliphatic heterocycles. The summed E-state index contributed by atoms with van der Waals surface area (Å²) in [5.74, 6) is 1.04. The number of amidine groups is 1. The number of halogens is 1. The van der Waals surface area contributed by atoms with Gasteiger partial charge in [0, 0.05) is 17.6 Å². The summed E-state index contributed by atoms with van der Waals surface area (Å²) in [6, 6.07) is 8.60. The number of piperidine rings is 1. The van der Waals surface area contributed by atoms with Crippen molar-refractivity contribution in [1.82, 2.24) is 25.0 Å². The van der Waals surface area contributed by atoms with E-state index < -0.39 is 0 Å². The number of rotatable bonds is 3. The molecule has 1 saturated heterocycles. The molecule has 7 nitrogen and oxygen atoms in total. The molecule has 5 heterocycles. The molecule has 1 aromatic carbocycles. The lowest BCUT2D eigenvalue weighted by Crippen LogP contribution is -2.50. The van der Waals surface area contributed by atoms with Gasteiger partial charge >= 0.3 is 0 Å².